The van der Waals surface area contributed by atoms with E-state index < -0.39 is 7.23 Å². The van der Waals surface area contributed by atoms with Gasteiger partial charge in [-0.25, -0.2) is 0 Å². The van der Waals surface area contributed by atoms with Crippen molar-refractivity contribution in [3.63, 3.8) is 0 Å². The Morgan fingerprint density at radius 3 is 2.67 bits per heavy atom. The number of hydrogen-bond acceptors (Lipinski definition) is 3. The minimum atomic E-state index is -2.29. The summed E-state index contributed by atoms with van der Waals surface area (Å²) >= 11 is 1.12. The van der Waals surface area contributed by atoms with Gasteiger partial charge < -0.3 is 10.6 Å². The molecule has 0 saturated heterocycles. The van der Waals surface area contributed by atoms with Crippen LogP contribution in [0.25, 0.3) is 0 Å². The van der Waals surface area contributed by atoms with Crippen molar-refractivity contribution in [3.8, 4) is 0 Å². The Hall–Kier alpha value is 0.500. The zero-order chi connectivity index (χ0) is 7.11. The second-order valence-electron chi connectivity index (χ2n) is 1.61. The highest BCUT2D eigenvalue weighted by molar-refractivity contribution is 8.50. The van der Waals surface area contributed by atoms with Crippen LogP contribution in [0, 0.1) is 0 Å². The fourth-order valence-electron chi connectivity index (χ4n) is 0.406. The molecular formula is C4H12NO2PS. The summed E-state index contributed by atoms with van der Waals surface area (Å²) in [6, 6.07) is 0. The van der Waals surface area contributed by atoms with Crippen LogP contribution in [-0.4, -0.2) is 17.2 Å². The second-order valence-corrected chi connectivity index (χ2v) is 4.75. The summed E-state index contributed by atoms with van der Waals surface area (Å²) in [6.45, 7) is 0.674. The Morgan fingerprint density at radius 2 is 2.22 bits per heavy atom. The van der Waals surface area contributed by atoms with Gasteiger partial charge in [-0.15, -0.1) is 0 Å². The van der Waals surface area contributed by atoms with Crippen molar-refractivity contribution in [1.82, 2.24) is 0 Å². The molecule has 0 spiro atoms. The van der Waals surface area contributed by atoms with Gasteiger partial charge in [0.15, 0.2) is 0 Å². The molecule has 3 N–H and O–H groups in total. The van der Waals surface area contributed by atoms with Gasteiger partial charge >= 0.3 is 0 Å². The standard InChI is InChI=1S/C4H12NO2PS/c5-3-1-2-4-9-8(6)7/h8H,1-5H2,(H,6,7). The number of unbranched alkanes of at least 4 members (excludes halogenated alkanes) is 1. The van der Waals surface area contributed by atoms with Crippen molar-refractivity contribution >= 4 is 18.6 Å². The lowest BCUT2D eigenvalue weighted by Crippen LogP contribution is -1.97. The van der Waals surface area contributed by atoms with Crippen LogP contribution in [0.15, 0.2) is 0 Å². The Kier molecular flexibility index (Phi) is 6.99. The highest BCUT2D eigenvalue weighted by Gasteiger charge is 1.91. The largest absolute Gasteiger partial charge is 0.339 e. The summed E-state index contributed by atoms with van der Waals surface area (Å²) in [5.41, 5.74) is 5.20. The van der Waals surface area contributed by atoms with Gasteiger partial charge in [0.25, 0.3) is 0 Å². The molecule has 5 heteroatoms. The van der Waals surface area contributed by atoms with Gasteiger partial charge in [0.2, 0.25) is 7.23 Å². The van der Waals surface area contributed by atoms with Crippen molar-refractivity contribution in [2.24, 2.45) is 5.73 Å². The molecule has 0 bridgehead atoms. The Balaban J connectivity index is 2.83. The molecule has 0 aromatic rings. The van der Waals surface area contributed by atoms with E-state index in [1.165, 1.54) is 0 Å². The third-order valence-corrected chi connectivity index (χ3v) is 2.92. The van der Waals surface area contributed by atoms with E-state index in [-0.39, 0.29) is 0 Å². The van der Waals surface area contributed by atoms with E-state index >= 15 is 0 Å². The third-order valence-electron chi connectivity index (χ3n) is 0.824. The molecule has 56 valence electrons. The van der Waals surface area contributed by atoms with Crippen LogP contribution in [0.5, 0.6) is 0 Å². The fraction of sp³-hybridized carbons (Fsp3) is 1.00. The predicted molar refractivity (Wildman–Crippen MR) is 42.0 cm³/mol. The monoisotopic (exact) mass is 169 g/mol. The van der Waals surface area contributed by atoms with Crippen molar-refractivity contribution in [3.05, 3.63) is 0 Å². The van der Waals surface area contributed by atoms with Crippen molar-refractivity contribution < 1.29 is 9.46 Å². The molecule has 3 nitrogen and oxygen atoms in total. The summed E-state index contributed by atoms with van der Waals surface area (Å²) in [4.78, 5) is 8.33. The first-order valence-corrected chi connectivity index (χ1v) is 5.89. The average molecular weight is 169 g/mol. The van der Waals surface area contributed by atoms with Crippen molar-refractivity contribution in [2.75, 3.05) is 12.3 Å². The maximum atomic E-state index is 10.1. The van der Waals surface area contributed by atoms with Crippen LogP contribution >= 0.6 is 18.6 Å². The molecule has 9 heavy (non-hydrogen) atoms. The average Bonchev–Trinajstić information content (AvgIpc) is 1.80. The van der Waals surface area contributed by atoms with Crippen LogP contribution in [0.2, 0.25) is 0 Å². The van der Waals surface area contributed by atoms with E-state index in [0.717, 1.165) is 30.0 Å². The second kappa shape index (κ2) is 6.62. The molecule has 0 aromatic heterocycles. The number of nitrogens with two attached hydrogens (primary N) is 1. The van der Waals surface area contributed by atoms with Gasteiger partial charge in [-0.2, -0.15) is 0 Å². The zero-order valence-electron chi connectivity index (χ0n) is 5.17. The highest BCUT2D eigenvalue weighted by atomic mass is 32.7. The lowest BCUT2D eigenvalue weighted by Gasteiger charge is -1.93. The van der Waals surface area contributed by atoms with Gasteiger partial charge in [0.1, 0.15) is 0 Å². The van der Waals surface area contributed by atoms with Gasteiger partial charge in [0, 0.05) is 5.75 Å². The van der Waals surface area contributed by atoms with Crippen molar-refractivity contribution in [2.45, 2.75) is 12.8 Å². The van der Waals surface area contributed by atoms with E-state index in [0.29, 0.717) is 6.54 Å². The van der Waals surface area contributed by atoms with Gasteiger partial charge in [0.05, 0.1) is 0 Å². The maximum Gasteiger partial charge on any atom is 0.243 e. The maximum absolute atomic E-state index is 10.1. The first-order valence-electron chi connectivity index (χ1n) is 2.83. The lowest BCUT2D eigenvalue weighted by molar-refractivity contribution is 0.519. The SMILES string of the molecule is NCCCCS[PH](=O)O. The lowest BCUT2D eigenvalue weighted by atomic mass is 10.3. The first kappa shape index (κ1) is 9.50. The molecule has 0 amide bonds. The molecule has 1 unspecified atom stereocenters. The van der Waals surface area contributed by atoms with E-state index in [1.807, 2.05) is 0 Å². The molecule has 0 aliphatic carbocycles. The Labute approximate surface area is 59.6 Å². The fourth-order valence-corrected chi connectivity index (χ4v) is 1.89. The van der Waals surface area contributed by atoms with Crippen LogP contribution in [0.4, 0.5) is 0 Å². The summed E-state index contributed by atoms with van der Waals surface area (Å²) in [7, 11) is -2.29. The van der Waals surface area contributed by atoms with Gasteiger partial charge in [-0.05, 0) is 19.4 Å². The molecule has 0 radical (unpaired) electrons. The quantitative estimate of drug-likeness (QED) is 0.473. The third kappa shape index (κ3) is 8.50. The highest BCUT2D eigenvalue weighted by Crippen LogP contribution is 2.32. The van der Waals surface area contributed by atoms with E-state index in [4.69, 9.17) is 10.6 Å². The molecular weight excluding hydrogens is 157 g/mol. The molecule has 0 fully saturated rings. The van der Waals surface area contributed by atoms with Gasteiger partial charge in [-0.3, -0.25) is 4.57 Å². The van der Waals surface area contributed by atoms with Gasteiger partial charge in [-0.1, -0.05) is 11.4 Å². The molecule has 0 rings (SSSR count). The molecule has 1 atom stereocenters. The normalized spacial score (nSPS) is 13.6. The van der Waals surface area contributed by atoms with E-state index in [1.54, 1.807) is 0 Å². The van der Waals surface area contributed by atoms with Crippen LogP contribution in [0.3, 0.4) is 0 Å². The molecule has 0 heterocycles. The summed E-state index contributed by atoms with van der Waals surface area (Å²) in [6.07, 6.45) is 1.89. The van der Waals surface area contributed by atoms with Crippen LogP contribution in [-0.2, 0) is 4.57 Å². The number of rotatable bonds is 5. The first-order chi connectivity index (χ1) is 4.27. The molecule has 0 saturated carbocycles. The summed E-state index contributed by atoms with van der Waals surface area (Å²) in [5, 5.41) is 0. The van der Waals surface area contributed by atoms with Crippen molar-refractivity contribution in [1.29, 1.82) is 0 Å². The summed E-state index contributed by atoms with van der Waals surface area (Å²) < 4.78 is 10.1. The summed E-state index contributed by atoms with van der Waals surface area (Å²) in [5.74, 6) is 0.755. The topological polar surface area (TPSA) is 63.3 Å². The number of hydrogen-bond donors (Lipinski definition) is 2. The molecule has 0 aliphatic heterocycles. The molecule has 0 aliphatic rings. The van der Waals surface area contributed by atoms with E-state index in [2.05, 4.69) is 0 Å². The molecule has 0 aromatic carbocycles. The van der Waals surface area contributed by atoms with E-state index in [9.17, 15) is 4.57 Å². The Bertz CT molecular complexity index is 90.6. The Morgan fingerprint density at radius 1 is 1.56 bits per heavy atom. The zero-order valence-corrected chi connectivity index (χ0v) is 6.99. The smallest absolute Gasteiger partial charge is 0.243 e. The minimum absolute atomic E-state index is 0.674. The van der Waals surface area contributed by atoms with Crippen LogP contribution < -0.4 is 5.73 Å². The minimum Gasteiger partial charge on any atom is -0.339 e. The predicted octanol–water partition coefficient (Wildman–Crippen LogP) is 0.841. The van der Waals surface area contributed by atoms with Crippen LogP contribution in [0.1, 0.15) is 12.8 Å².